The van der Waals surface area contributed by atoms with Crippen LogP contribution >= 0.6 is 0 Å². The Morgan fingerprint density at radius 2 is 1.74 bits per heavy atom. The first-order chi connectivity index (χ1) is 10.8. The van der Waals surface area contributed by atoms with Gasteiger partial charge in [0.25, 0.3) is 0 Å². The van der Waals surface area contributed by atoms with E-state index in [2.05, 4.69) is 5.32 Å². The fourth-order valence-electron chi connectivity index (χ4n) is 3.33. The van der Waals surface area contributed by atoms with E-state index in [-0.39, 0.29) is 18.3 Å². The smallest absolute Gasteiger partial charge is 0.411 e. The number of amides is 3. The van der Waals surface area contributed by atoms with Crippen LogP contribution in [0.5, 0.6) is 0 Å². The van der Waals surface area contributed by atoms with Gasteiger partial charge in [0.1, 0.15) is 11.8 Å². The molecule has 1 aliphatic heterocycles. The number of carbonyl (C=O) groups is 2. The number of likely N-dealkylation sites (tertiary alicyclic amines) is 1. The molecule has 3 amide bonds. The number of hydrogen-bond acceptors (Lipinski definition) is 3. The summed E-state index contributed by atoms with van der Waals surface area (Å²) in [6, 6.07) is 0.234. The Labute approximate surface area is 139 Å². The molecular formula is C17H31N3O3. The number of urea groups is 1. The highest BCUT2D eigenvalue weighted by Gasteiger charge is 2.34. The second-order valence-corrected chi connectivity index (χ2v) is 7.68. The molecule has 2 rings (SSSR count). The lowest BCUT2D eigenvalue weighted by atomic mass is 9.95. The van der Waals surface area contributed by atoms with E-state index < -0.39 is 5.60 Å². The summed E-state index contributed by atoms with van der Waals surface area (Å²) >= 11 is 0. The van der Waals surface area contributed by atoms with Gasteiger partial charge in [-0.25, -0.2) is 9.59 Å². The predicted molar refractivity (Wildman–Crippen MR) is 89.1 cm³/mol. The lowest BCUT2D eigenvalue weighted by Crippen LogP contribution is -2.53. The van der Waals surface area contributed by atoms with E-state index in [4.69, 9.17) is 4.74 Å². The quantitative estimate of drug-likeness (QED) is 0.847. The molecule has 0 unspecified atom stereocenters. The zero-order valence-electron chi connectivity index (χ0n) is 14.9. The molecule has 1 N–H and O–H groups in total. The number of rotatable bonds is 2. The molecule has 1 heterocycles. The van der Waals surface area contributed by atoms with Crippen molar-refractivity contribution >= 4 is 12.1 Å². The minimum Gasteiger partial charge on any atom is -0.444 e. The zero-order chi connectivity index (χ0) is 17.0. The highest BCUT2D eigenvalue weighted by Crippen LogP contribution is 2.23. The summed E-state index contributed by atoms with van der Waals surface area (Å²) in [6.45, 7) is 6.19. The van der Waals surface area contributed by atoms with Crippen LogP contribution in [0.2, 0.25) is 0 Å². The Morgan fingerprint density at radius 1 is 1.09 bits per heavy atom. The van der Waals surface area contributed by atoms with Gasteiger partial charge in [-0.05, 0) is 46.5 Å². The summed E-state index contributed by atoms with van der Waals surface area (Å²) in [6.07, 6.45) is 6.85. The van der Waals surface area contributed by atoms with Crippen molar-refractivity contribution in [2.24, 2.45) is 0 Å². The van der Waals surface area contributed by atoms with Gasteiger partial charge in [-0.15, -0.1) is 0 Å². The molecule has 1 atom stereocenters. The second-order valence-electron chi connectivity index (χ2n) is 7.68. The minimum atomic E-state index is -0.521. The molecule has 0 aromatic heterocycles. The van der Waals surface area contributed by atoms with E-state index in [0.29, 0.717) is 12.6 Å². The molecule has 0 aromatic rings. The highest BCUT2D eigenvalue weighted by atomic mass is 16.6. The lowest BCUT2D eigenvalue weighted by Gasteiger charge is -2.34. The zero-order valence-corrected chi connectivity index (χ0v) is 14.9. The van der Waals surface area contributed by atoms with Crippen LogP contribution in [0.25, 0.3) is 0 Å². The maximum atomic E-state index is 12.5. The number of hydrogen-bond donors (Lipinski definition) is 1. The van der Waals surface area contributed by atoms with Gasteiger partial charge in [-0.3, -0.25) is 4.90 Å². The van der Waals surface area contributed by atoms with E-state index in [1.54, 1.807) is 4.90 Å². The normalized spacial score (nSPS) is 22.8. The maximum absolute atomic E-state index is 12.5. The highest BCUT2D eigenvalue weighted by molar-refractivity contribution is 5.76. The van der Waals surface area contributed by atoms with Crippen LogP contribution in [0.3, 0.4) is 0 Å². The average molecular weight is 325 g/mol. The first kappa shape index (κ1) is 17.9. The summed E-state index contributed by atoms with van der Waals surface area (Å²) in [5.41, 5.74) is -0.521. The molecular weight excluding hydrogens is 294 g/mol. The van der Waals surface area contributed by atoms with E-state index in [1.807, 2.05) is 32.7 Å². The first-order valence-electron chi connectivity index (χ1n) is 8.81. The Bertz CT molecular complexity index is 427. The molecule has 6 heteroatoms. The molecule has 0 bridgehead atoms. The van der Waals surface area contributed by atoms with Crippen LogP contribution in [0.4, 0.5) is 9.59 Å². The van der Waals surface area contributed by atoms with Gasteiger partial charge >= 0.3 is 12.1 Å². The van der Waals surface area contributed by atoms with E-state index in [0.717, 1.165) is 25.7 Å². The van der Waals surface area contributed by atoms with Gasteiger partial charge in [0.15, 0.2) is 0 Å². The molecule has 2 fully saturated rings. The van der Waals surface area contributed by atoms with Gasteiger partial charge in [0.05, 0.1) is 0 Å². The lowest BCUT2D eigenvalue weighted by molar-refractivity contribution is 0.0205. The fourth-order valence-corrected chi connectivity index (χ4v) is 3.33. The van der Waals surface area contributed by atoms with E-state index in [9.17, 15) is 9.59 Å². The van der Waals surface area contributed by atoms with Crippen LogP contribution in [0.15, 0.2) is 0 Å². The molecule has 6 nitrogen and oxygen atoms in total. The number of nitrogens with one attached hydrogen (secondary N) is 1. The van der Waals surface area contributed by atoms with Crippen molar-refractivity contribution in [1.82, 2.24) is 15.1 Å². The van der Waals surface area contributed by atoms with Crippen LogP contribution < -0.4 is 5.32 Å². The largest absolute Gasteiger partial charge is 0.444 e. The van der Waals surface area contributed by atoms with E-state index in [1.165, 1.54) is 19.3 Å². The van der Waals surface area contributed by atoms with Crippen LogP contribution in [0.1, 0.15) is 65.7 Å². The van der Waals surface area contributed by atoms with Crippen molar-refractivity contribution in [3.8, 4) is 0 Å². The fraction of sp³-hybridized carbons (Fsp3) is 0.882. The number of carbonyl (C=O) groups excluding carboxylic acids is 2. The summed E-state index contributed by atoms with van der Waals surface area (Å²) in [7, 11) is 1.86. The molecule has 1 saturated heterocycles. The van der Waals surface area contributed by atoms with Crippen molar-refractivity contribution < 1.29 is 14.3 Å². The third kappa shape index (κ3) is 5.01. The molecule has 23 heavy (non-hydrogen) atoms. The Balaban J connectivity index is 1.89. The maximum Gasteiger partial charge on any atom is 0.411 e. The Hall–Kier alpha value is -1.46. The van der Waals surface area contributed by atoms with Crippen LogP contribution in [-0.4, -0.2) is 53.3 Å². The third-order valence-corrected chi connectivity index (χ3v) is 4.61. The molecule has 1 saturated carbocycles. The molecule has 1 aliphatic carbocycles. The topological polar surface area (TPSA) is 61.9 Å². The van der Waals surface area contributed by atoms with Crippen LogP contribution in [-0.2, 0) is 4.74 Å². The SMILES string of the molecule is CN(C(=O)N[C@@H]1CCCN1C(=O)OC(C)(C)C)C1CCCCC1. The summed E-state index contributed by atoms with van der Waals surface area (Å²) in [5.74, 6) is 0. The second kappa shape index (κ2) is 7.41. The molecule has 132 valence electrons. The standard InChI is InChI=1S/C17H31N3O3/c1-17(2,3)23-16(22)20-12-8-11-14(20)18-15(21)19(4)13-9-6-5-7-10-13/h13-14H,5-12H2,1-4H3,(H,18,21)/t14-/m0/s1. The molecule has 2 aliphatic rings. The van der Waals surface area contributed by atoms with Gasteiger partial charge in [0.2, 0.25) is 0 Å². The van der Waals surface area contributed by atoms with Gasteiger partial charge in [0, 0.05) is 19.6 Å². The Kier molecular flexibility index (Phi) is 5.76. The first-order valence-corrected chi connectivity index (χ1v) is 8.81. The van der Waals surface area contributed by atoms with Gasteiger partial charge in [-0.2, -0.15) is 0 Å². The summed E-state index contributed by atoms with van der Waals surface area (Å²) < 4.78 is 5.43. The summed E-state index contributed by atoms with van der Waals surface area (Å²) in [5, 5.41) is 3.00. The van der Waals surface area contributed by atoms with Crippen molar-refractivity contribution in [2.75, 3.05) is 13.6 Å². The van der Waals surface area contributed by atoms with Crippen molar-refractivity contribution in [3.05, 3.63) is 0 Å². The average Bonchev–Trinajstić information content (AvgIpc) is 2.94. The molecule has 0 aromatic carbocycles. The van der Waals surface area contributed by atoms with Gasteiger partial charge in [-0.1, -0.05) is 19.3 Å². The van der Waals surface area contributed by atoms with Crippen molar-refractivity contribution in [3.63, 3.8) is 0 Å². The van der Waals surface area contributed by atoms with Crippen LogP contribution in [0, 0.1) is 0 Å². The monoisotopic (exact) mass is 325 g/mol. The number of nitrogens with zero attached hydrogens (tertiary/aromatic N) is 2. The Morgan fingerprint density at radius 3 is 2.35 bits per heavy atom. The van der Waals surface area contributed by atoms with Crippen molar-refractivity contribution in [1.29, 1.82) is 0 Å². The predicted octanol–water partition coefficient (Wildman–Crippen LogP) is 3.32. The summed E-state index contributed by atoms with van der Waals surface area (Å²) in [4.78, 5) is 28.2. The molecule has 0 spiro atoms. The third-order valence-electron chi connectivity index (χ3n) is 4.61. The van der Waals surface area contributed by atoms with E-state index >= 15 is 0 Å². The van der Waals surface area contributed by atoms with Crippen molar-refractivity contribution in [2.45, 2.75) is 83.5 Å². The minimum absolute atomic E-state index is 0.0858. The molecule has 0 radical (unpaired) electrons. The van der Waals surface area contributed by atoms with Gasteiger partial charge < -0.3 is 15.0 Å². The number of ether oxygens (including phenoxy) is 1.